The first kappa shape index (κ1) is 16.4. The summed E-state index contributed by atoms with van der Waals surface area (Å²) in [6.07, 6.45) is -0.118. The summed E-state index contributed by atoms with van der Waals surface area (Å²) in [6, 6.07) is 22.6. The summed E-state index contributed by atoms with van der Waals surface area (Å²) >= 11 is 0. The summed E-state index contributed by atoms with van der Waals surface area (Å²) < 4.78 is 0. The van der Waals surface area contributed by atoms with Crippen LogP contribution in [0.1, 0.15) is 27.5 Å². The number of carbonyl (C=O) groups is 1. The third-order valence-electron chi connectivity index (χ3n) is 4.86. The van der Waals surface area contributed by atoms with Crippen LogP contribution in [0.5, 0.6) is 0 Å². The minimum absolute atomic E-state index is 0.205. The highest BCUT2D eigenvalue weighted by molar-refractivity contribution is 5.95. The fourth-order valence-corrected chi connectivity index (χ4v) is 3.48. The number of hydrogen-bond acceptors (Lipinski definition) is 3. The van der Waals surface area contributed by atoms with Gasteiger partial charge in [-0.25, -0.2) is 0 Å². The molecule has 4 rings (SSSR count). The number of rotatable bonds is 3. The van der Waals surface area contributed by atoms with Crippen LogP contribution in [0.3, 0.4) is 0 Å². The standard InChI is InChI=1S/C22H20N2O2/c23-18-11-10-17-12-20(25)21(19(17)13-18)24-22(26)16-8-6-15(7-9-16)14-4-2-1-3-5-14/h1-11,13,20-21,25H,12,23H2,(H,24,26). The molecule has 1 amide bonds. The number of benzene rings is 3. The molecule has 0 bridgehead atoms. The molecule has 2 unspecified atom stereocenters. The highest BCUT2D eigenvalue weighted by Crippen LogP contribution is 2.33. The number of nitrogen functional groups attached to an aromatic ring is 1. The van der Waals surface area contributed by atoms with Crippen LogP contribution in [0.2, 0.25) is 0 Å². The van der Waals surface area contributed by atoms with Gasteiger partial charge in [-0.3, -0.25) is 4.79 Å². The quantitative estimate of drug-likeness (QED) is 0.638. The van der Waals surface area contributed by atoms with Crippen LogP contribution >= 0.6 is 0 Å². The molecular formula is C22H20N2O2. The Morgan fingerprint density at radius 1 is 0.962 bits per heavy atom. The lowest BCUT2D eigenvalue weighted by Gasteiger charge is -2.18. The summed E-state index contributed by atoms with van der Waals surface area (Å²) in [5.74, 6) is -0.205. The molecule has 2 atom stereocenters. The fraction of sp³-hybridized carbons (Fsp3) is 0.136. The first-order valence-electron chi connectivity index (χ1n) is 8.64. The van der Waals surface area contributed by atoms with E-state index in [9.17, 15) is 9.90 Å². The molecule has 0 fully saturated rings. The van der Waals surface area contributed by atoms with Crippen molar-refractivity contribution in [3.05, 3.63) is 89.5 Å². The zero-order valence-corrected chi connectivity index (χ0v) is 14.2. The molecule has 0 spiro atoms. The van der Waals surface area contributed by atoms with E-state index in [1.165, 1.54) is 0 Å². The van der Waals surface area contributed by atoms with Gasteiger partial charge in [-0.15, -0.1) is 0 Å². The maximum absolute atomic E-state index is 12.6. The van der Waals surface area contributed by atoms with Gasteiger partial charge in [0.2, 0.25) is 0 Å². The zero-order chi connectivity index (χ0) is 18.1. The van der Waals surface area contributed by atoms with Gasteiger partial charge >= 0.3 is 0 Å². The van der Waals surface area contributed by atoms with Gasteiger partial charge < -0.3 is 16.2 Å². The average Bonchev–Trinajstić information content (AvgIpc) is 2.97. The van der Waals surface area contributed by atoms with Crippen molar-refractivity contribution in [2.75, 3.05) is 5.73 Å². The van der Waals surface area contributed by atoms with Crippen LogP contribution < -0.4 is 11.1 Å². The van der Waals surface area contributed by atoms with E-state index in [-0.39, 0.29) is 5.91 Å². The Labute approximate surface area is 152 Å². The molecule has 1 aliphatic rings. The van der Waals surface area contributed by atoms with Crippen LogP contribution in [0, 0.1) is 0 Å². The van der Waals surface area contributed by atoms with Gasteiger partial charge in [0.05, 0.1) is 12.1 Å². The molecule has 0 saturated heterocycles. The summed E-state index contributed by atoms with van der Waals surface area (Å²) in [4.78, 5) is 12.6. The molecular weight excluding hydrogens is 324 g/mol. The lowest BCUT2D eigenvalue weighted by Crippen LogP contribution is -2.33. The van der Waals surface area contributed by atoms with Crippen LogP contribution in [-0.4, -0.2) is 17.1 Å². The number of aliphatic hydroxyl groups is 1. The molecule has 4 N–H and O–H groups in total. The van der Waals surface area contributed by atoms with E-state index in [0.29, 0.717) is 17.7 Å². The molecule has 0 radical (unpaired) electrons. The van der Waals surface area contributed by atoms with Gasteiger partial charge in [-0.2, -0.15) is 0 Å². The smallest absolute Gasteiger partial charge is 0.251 e. The number of nitrogens with one attached hydrogen (secondary N) is 1. The van der Waals surface area contributed by atoms with Crippen molar-refractivity contribution in [2.45, 2.75) is 18.6 Å². The molecule has 3 aromatic carbocycles. The number of aliphatic hydroxyl groups excluding tert-OH is 1. The first-order chi connectivity index (χ1) is 12.6. The van der Waals surface area contributed by atoms with Crippen molar-refractivity contribution in [3.63, 3.8) is 0 Å². The fourth-order valence-electron chi connectivity index (χ4n) is 3.48. The number of anilines is 1. The Morgan fingerprint density at radius 3 is 2.38 bits per heavy atom. The largest absolute Gasteiger partial charge is 0.399 e. The Bertz CT molecular complexity index is 936. The predicted molar refractivity (Wildman–Crippen MR) is 103 cm³/mol. The van der Waals surface area contributed by atoms with Gasteiger partial charge in [0.15, 0.2) is 0 Å². The third-order valence-corrected chi connectivity index (χ3v) is 4.86. The summed E-state index contributed by atoms with van der Waals surface area (Å²) in [6.45, 7) is 0. The van der Waals surface area contributed by atoms with Gasteiger partial charge in [0.1, 0.15) is 0 Å². The SMILES string of the molecule is Nc1ccc2c(c1)C(NC(=O)c1ccc(-c3ccccc3)cc1)C(O)C2. The molecule has 4 heteroatoms. The number of hydrogen-bond donors (Lipinski definition) is 3. The van der Waals surface area contributed by atoms with Crippen LogP contribution in [0.15, 0.2) is 72.8 Å². The van der Waals surface area contributed by atoms with E-state index in [1.807, 2.05) is 60.7 Å². The molecule has 4 nitrogen and oxygen atoms in total. The highest BCUT2D eigenvalue weighted by Gasteiger charge is 2.32. The lowest BCUT2D eigenvalue weighted by molar-refractivity contribution is 0.0858. The molecule has 0 saturated carbocycles. The average molecular weight is 344 g/mol. The second-order valence-corrected chi connectivity index (χ2v) is 6.62. The van der Waals surface area contributed by atoms with E-state index in [2.05, 4.69) is 5.32 Å². The molecule has 130 valence electrons. The van der Waals surface area contributed by atoms with Gasteiger partial charge in [0.25, 0.3) is 5.91 Å². The Kier molecular flexibility index (Phi) is 4.19. The van der Waals surface area contributed by atoms with E-state index in [4.69, 9.17) is 5.73 Å². The van der Waals surface area contributed by atoms with Crippen molar-refractivity contribution in [1.82, 2.24) is 5.32 Å². The summed E-state index contributed by atoms with van der Waals surface area (Å²) in [5.41, 5.74) is 11.1. The van der Waals surface area contributed by atoms with Crippen LogP contribution in [0.25, 0.3) is 11.1 Å². The Balaban J connectivity index is 1.53. The zero-order valence-electron chi connectivity index (χ0n) is 14.2. The number of amides is 1. The molecule has 0 heterocycles. The van der Waals surface area contributed by atoms with E-state index < -0.39 is 12.1 Å². The Morgan fingerprint density at radius 2 is 1.65 bits per heavy atom. The molecule has 0 aromatic heterocycles. The number of carbonyl (C=O) groups excluding carboxylic acids is 1. The minimum atomic E-state index is -0.639. The van der Waals surface area contributed by atoms with E-state index >= 15 is 0 Å². The van der Waals surface area contributed by atoms with Crippen molar-refractivity contribution >= 4 is 11.6 Å². The maximum atomic E-state index is 12.6. The predicted octanol–water partition coefficient (Wildman–Crippen LogP) is 3.32. The van der Waals surface area contributed by atoms with Crippen LogP contribution in [0.4, 0.5) is 5.69 Å². The first-order valence-corrected chi connectivity index (χ1v) is 8.64. The van der Waals surface area contributed by atoms with E-state index in [0.717, 1.165) is 22.3 Å². The molecule has 0 aliphatic heterocycles. The lowest BCUT2D eigenvalue weighted by atomic mass is 10.0. The second kappa shape index (κ2) is 6.65. The summed E-state index contributed by atoms with van der Waals surface area (Å²) in [7, 11) is 0. The van der Waals surface area contributed by atoms with Crippen molar-refractivity contribution in [3.8, 4) is 11.1 Å². The van der Waals surface area contributed by atoms with Crippen molar-refractivity contribution in [2.24, 2.45) is 0 Å². The topological polar surface area (TPSA) is 75.3 Å². The maximum Gasteiger partial charge on any atom is 0.251 e. The van der Waals surface area contributed by atoms with Crippen molar-refractivity contribution < 1.29 is 9.90 Å². The monoisotopic (exact) mass is 344 g/mol. The van der Waals surface area contributed by atoms with E-state index in [1.54, 1.807) is 12.1 Å². The second-order valence-electron chi connectivity index (χ2n) is 6.62. The number of nitrogens with two attached hydrogens (primary N) is 1. The molecule has 26 heavy (non-hydrogen) atoms. The molecule has 3 aromatic rings. The number of fused-ring (bicyclic) bond motifs is 1. The molecule has 1 aliphatic carbocycles. The minimum Gasteiger partial charge on any atom is -0.399 e. The van der Waals surface area contributed by atoms with Gasteiger partial charge in [-0.05, 0) is 46.5 Å². The highest BCUT2D eigenvalue weighted by atomic mass is 16.3. The normalized spacial score (nSPS) is 18.3. The Hall–Kier alpha value is -3.11. The third kappa shape index (κ3) is 3.07. The van der Waals surface area contributed by atoms with Crippen LogP contribution in [-0.2, 0) is 6.42 Å². The van der Waals surface area contributed by atoms with Crippen molar-refractivity contribution in [1.29, 1.82) is 0 Å². The van der Waals surface area contributed by atoms with Gasteiger partial charge in [0, 0.05) is 17.7 Å². The van der Waals surface area contributed by atoms with Gasteiger partial charge in [-0.1, -0.05) is 48.5 Å². The summed E-state index contributed by atoms with van der Waals surface area (Å²) in [5, 5.41) is 13.3.